The molecule has 4 aromatic rings. The van der Waals surface area contributed by atoms with Gasteiger partial charge in [-0.1, -0.05) is 28.9 Å². The summed E-state index contributed by atoms with van der Waals surface area (Å²) in [7, 11) is -0.836. The summed E-state index contributed by atoms with van der Waals surface area (Å²) >= 11 is 6.14. The molecule has 2 aromatic carbocycles. The molecule has 1 fully saturated rings. The predicted octanol–water partition coefficient (Wildman–Crippen LogP) is 6.04. The molecule has 1 saturated heterocycles. The lowest BCUT2D eigenvalue weighted by molar-refractivity contribution is -0.0497. The number of nitrogens with zero attached hydrogens (tertiary/aromatic N) is 3. The van der Waals surface area contributed by atoms with Gasteiger partial charge in [0.1, 0.15) is 17.3 Å². The largest absolute Gasteiger partial charge is 0.433 e. The van der Waals surface area contributed by atoms with E-state index in [4.69, 9.17) is 21.1 Å². The third-order valence-electron chi connectivity index (χ3n) is 6.36. The molecule has 0 spiro atoms. The predicted molar refractivity (Wildman–Crippen MR) is 132 cm³/mol. The highest BCUT2D eigenvalue weighted by molar-refractivity contribution is 7.85. The Kier molecular flexibility index (Phi) is 6.63. The Morgan fingerprint density at radius 3 is 2.71 bits per heavy atom. The van der Waals surface area contributed by atoms with Gasteiger partial charge in [0.25, 0.3) is 0 Å². The number of benzene rings is 2. The first-order valence-electron chi connectivity index (χ1n) is 11.3. The number of ether oxygens (including phenoxy) is 1. The van der Waals surface area contributed by atoms with Gasteiger partial charge in [0.2, 0.25) is 0 Å². The van der Waals surface area contributed by atoms with Gasteiger partial charge in [-0.15, -0.1) is 0 Å². The minimum absolute atomic E-state index is 0.0436. The molecule has 184 valence electrons. The van der Waals surface area contributed by atoms with Crippen LogP contribution in [0.3, 0.4) is 0 Å². The fourth-order valence-corrected chi connectivity index (χ4v) is 6.48. The SMILES string of the molecule is Cc1noc(C)c1-c1ccc2c(c1)nc(CCc1ccc(OC(F)F)c(Cl)c1)n2C1CCS(=O)C1. The second-order valence-electron chi connectivity index (χ2n) is 8.70. The molecule has 6 nitrogen and oxygen atoms in total. The van der Waals surface area contributed by atoms with E-state index in [0.717, 1.165) is 51.4 Å². The first-order chi connectivity index (χ1) is 16.8. The smallest absolute Gasteiger partial charge is 0.387 e. The van der Waals surface area contributed by atoms with Crippen molar-refractivity contribution in [3.05, 3.63) is 64.3 Å². The van der Waals surface area contributed by atoms with Gasteiger partial charge in [-0.2, -0.15) is 8.78 Å². The van der Waals surface area contributed by atoms with E-state index in [9.17, 15) is 13.0 Å². The first kappa shape index (κ1) is 23.9. The van der Waals surface area contributed by atoms with E-state index in [0.29, 0.717) is 24.3 Å². The number of aromatic nitrogens is 3. The summed E-state index contributed by atoms with van der Waals surface area (Å²) in [5, 5.41) is 4.21. The third kappa shape index (κ3) is 4.84. The van der Waals surface area contributed by atoms with Gasteiger partial charge in [0.05, 0.1) is 21.7 Å². The summed E-state index contributed by atoms with van der Waals surface area (Å²) < 4.78 is 49.2. The van der Waals surface area contributed by atoms with Crippen LogP contribution < -0.4 is 4.74 Å². The molecular formula is C25H24ClF2N3O3S. The first-order valence-corrected chi connectivity index (χ1v) is 13.2. The average molecular weight is 520 g/mol. The Morgan fingerprint density at radius 2 is 2.06 bits per heavy atom. The van der Waals surface area contributed by atoms with Crippen LogP contribution in [0.2, 0.25) is 5.02 Å². The molecule has 5 rings (SSSR count). The molecule has 2 atom stereocenters. The lowest BCUT2D eigenvalue weighted by Crippen LogP contribution is -2.13. The average Bonchev–Trinajstić information content (AvgIpc) is 3.49. The Labute approximate surface area is 208 Å². The van der Waals surface area contributed by atoms with Crippen molar-refractivity contribution in [2.75, 3.05) is 11.5 Å². The van der Waals surface area contributed by atoms with Crippen LogP contribution in [0.15, 0.2) is 40.9 Å². The maximum absolute atomic E-state index is 12.5. The third-order valence-corrected chi connectivity index (χ3v) is 8.10. The zero-order valence-electron chi connectivity index (χ0n) is 19.3. The molecular weight excluding hydrogens is 496 g/mol. The summed E-state index contributed by atoms with van der Waals surface area (Å²) in [5.74, 6) is 2.89. The molecule has 1 aliphatic heterocycles. The van der Waals surface area contributed by atoms with Crippen molar-refractivity contribution >= 4 is 33.4 Å². The van der Waals surface area contributed by atoms with Crippen molar-refractivity contribution in [3.8, 4) is 16.9 Å². The van der Waals surface area contributed by atoms with Crippen molar-refractivity contribution in [2.24, 2.45) is 0 Å². The minimum Gasteiger partial charge on any atom is -0.433 e. The Morgan fingerprint density at radius 1 is 1.23 bits per heavy atom. The van der Waals surface area contributed by atoms with E-state index in [-0.39, 0.29) is 16.8 Å². The summed E-state index contributed by atoms with van der Waals surface area (Å²) in [5.41, 5.74) is 5.52. The van der Waals surface area contributed by atoms with Crippen molar-refractivity contribution in [1.82, 2.24) is 14.7 Å². The molecule has 10 heteroatoms. The van der Waals surface area contributed by atoms with Crippen LogP contribution in [0.25, 0.3) is 22.2 Å². The summed E-state index contributed by atoms with van der Waals surface area (Å²) in [6.07, 6.45) is 2.07. The standard InChI is InChI=1S/C25H24ClF2N3O3S/c1-14-24(15(2)34-30-14)17-5-6-21-20(12-17)29-23(31(21)18-9-10-35(32)13-18)8-4-16-3-7-22(19(26)11-16)33-25(27)28/h3,5-7,11-12,18,25H,4,8-10,13H2,1-2H3. The Balaban J connectivity index is 1.48. The topological polar surface area (TPSA) is 70.2 Å². The second kappa shape index (κ2) is 9.70. The van der Waals surface area contributed by atoms with E-state index in [1.165, 1.54) is 6.07 Å². The fourth-order valence-electron chi connectivity index (χ4n) is 4.78. The van der Waals surface area contributed by atoms with Crippen LogP contribution in [0, 0.1) is 13.8 Å². The summed E-state index contributed by atoms with van der Waals surface area (Å²) in [6.45, 7) is 0.877. The molecule has 2 aromatic heterocycles. The van der Waals surface area contributed by atoms with Gasteiger partial charge in [-0.3, -0.25) is 4.21 Å². The molecule has 0 aliphatic carbocycles. The maximum Gasteiger partial charge on any atom is 0.387 e. The highest BCUT2D eigenvalue weighted by atomic mass is 35.5. The number of imidazole rings is 1. The van der Waals surface area contributed by atoms with Crippen LogP contribution in [0.1, 0.15) is 35.3 Å². The monoisotopic (exact) mass is 519 g/mol. The fraction of sp³-hybridized carbons (Fsp3) is 0.360. The molecule has 0 radical (unpaired) electrons. The van der Waals surface area contributed by atoms with Crippen LogP contribution in [0.5, 0.6) is 5.75 Å². The van der Waals surface area contributed by atoms with E-state index >= 15 is 0 Å². The van der Waals surface area contributed by atoms with Crippen LogP contribution in [-0.4, -0.2) is 37.0 Å². The van der Waals surface area contributed by atoms with E-state index in [1.807, 2.05) is 26.0 Å². The van der Waals surface area contributed by atoms with Gasteiger partial charge in [-0.25, -0.2) is 4.98 Å². The number of fused-ring (bicyclic) bond motifs is 1. The number of alkyl halides is 2. The number of hydrogen-bond donors (Lipinski definition) is 0. The van der Waals surface area contributed by atoms with Crippen molar-refractivity contribution in [2.45, 2.75) is 45.8 Å². The van der Waals surface area contributed by atoms with Crippen molar-refractivity contribution in [1.29, 1.82) is 0 Å². The molecule has 3 heterocycles. The minimum atomic E-state index is -2.93. The molecule has 2 unspecified atom stereocenters. The quantitative estimate of drug-likeness (QED) is 0.297. The van der Waals surface area contributed by atoms with Crippen LogP contribution in [-0.2, 0) is 23.6 Å². The zero-order chi connectivity index (χ0) is 24.7. The highest BCUT2D eigenvalue weighted by Crippen LogP contribution is 2.34. The van der Waals surface area contributed by atoms with Crippen molar-refractivity contribution in [3.63, 3.8) is 0 Å². The molecule has 1 aliphatic rings. The molecule has 35 heavy (non-hydrogen) atoms. The van der Waals surface area contributed by atoms with Gasteiger partial charge < -0.3 is 13.8 Å². The number of rotatable bonds is 7. The second-order valence-corrected chi connectivity index (χ2v) is 10.7. The van der Waals surface area contributed by atoms with Gasteiger partial charge in [0.15, 0.2) is 0 Å². The van der Waals surface area contributed by atoms with Gasteiger partial charge >= 0.3 is 6.61 Å². The van der Waals surface area contributed by atoms with E-state index < -0.39 is 17.4 Å². The van der Waals surface area contributed by atoms with Gasteiger partial charge in [-0.05, 0) is 62.1 Å². The number of hydrogen-bond acceptors (Lipinski definition) is 5. The van der Waals surface area contributed by atoms with Crippen LogP contribution in [0.4, 0.5) is 8.78 Å². The maximum atomic E-state index is 12.5. The summed E-state index contributed by atoms with van der Waals surface area (Å²) in [6, 6.07) is 11.1. The van der Waals surface area contributed by atoms with Crippen LogP contribution >= 0.6 is 11.6 Å². The van der Waals surface area contributed by atoms with Crippen molar-refractivity contribution < 1.29 is 22.2 Å². The number of halogens is 3. The van der Waals surface area contributed by atoms with Gasteiger partial charge in [0, 0.05) is 40.3 Å². The number of aryl methyl sites for hydroxylation is 4. The lowest BCUT2D eigenvalue weighted by atomic mass is 10.0. The zero-order valence-corrected chi connectivity index (χ0v) is 20.8. The Hall–Kier alpha value is -2.78. The Bertz CT molecular complexity index is 1400. The summed E-state index contributed by atoms with van der Waals surface area (Å²) in [4.78, 5) is 4.96. The molecule has 0 N–H and O–H groups in total. The highest BCUT2D eigenvalue weighted by Gasteiger charge is 2.27. The lowest BCUT2D eigenvalue weighted by Gasteiger charge is -2.16. The molecule has 0 amide bonds. The van der Waals surface area contributed by atoms with E-state index in [1.54, 1.807) is 12.1 Å². The van der Waals surface area contributed by atoms with E-state index in [2.05, 4.69) is 20.5 Å². The normalized spacial score (nSPS) is 18.1. The molecule has 0 bridgehead atoms. The molecule has 0 saturated carbocycles.